The number of nitrogens with zero attached hydrogens (tertiary/aromatic N) is 2. The molecule has 0 heterocycles. The number of nitro groups is 1. The number of benzene rings is 3. The van der Waals surface area contributed by atoms with Gasteiger partial charge in [-0.1, -0.05) is 23.7 Å². The van der Waals surface area contributed by atoms with E-state index in [1.165, 1.54) is 37.2 Å². The number of thioether (sulfide) groups is 1. The molecule has 0 spiro atoms. The lowest BCUT2D eigenvalue weighted by Gasteiger charge is -2.11. The first kappa shape index (κ1) is 24.1. The molecule has 0 saturated carbocycles. The van der Waals surface area contributed by atoms with E-state index in [9.17, 15) is 14.9 Å². The van der Waals surface area contributed by atoms with Crippen LogP contribution in [0.1, 0.15) is 11.1 Å². The summed E-state index contributed by atoms with van der Waals surface area (Å²) in [5.74, 6) is 0.917. The second kappa shape index (κ2) is 11.9. The number of methoxy groups -OCH3 is 1. The lowest BCUT2D eigenvalue weighted by molar-refractivity contribution is -0.384. The summed E-state index contributed by atoms with van der Waals surface area (Å²) in [6, 6.07) is 18.6. The highest BCUT2D eigenvalue weighted by atomic mass is 35.5. The van der Waals surface area contributed by atoms with Crippen molar-refractivity contribution < 1.29 is 19.2 Å². The minimum absolute atomic E-state index is 0.00300. The summed E-state index contributed by atoms with van der Waals surface area (Å²) in [6.07, 6.45) is 1.50. The summed E-state index contributed by atoms with van der Waals surface area (Å²) >= 11 is 7.23. The van der Waals surface area contributed by atoms with Crippen molar-refractivity contribution >= 4 is 41.2 Å². The van der Waals surface area contributed by atoms with Gasteiger partial charge in [0.1, 0.15) is 6.61 Å². The number of carbonyl (C=O) groups is 1. The quantitative estimate of drug-likeness (QED) is 0.186. The Kier molecular flexibility index (Phi) is 8.68. The number of carbonyl (C=O) groups excluding carboxylic acids is 1. The van der Waals surface area contributed by atoms with E-state index in [0.717, 1.165) is 4.90 Å². The number of rotatable bonds is 10. The van der Waals surface area contributed by atoms with Crippen LogP contribution < -0.4 is 14.9 Å². The molecule has 3 aromatic carbocycles. The zero-order chi connectivity index (χ0) is 23.6. The summed E-state index contributed by atoms with van der Waals surface area (Å²) < 4.78 is 11.1. The molecule has 0 saturated heterocycles. The first-order chi connectivity index (χ1) is 15.9. The van der Waals surface area contributed by atoms with Crippen molar-refractivity contribution in [3.8, 4) is 11.5 Å². The van der Waals surface area contributed by atoms with Gasteiger partial charge in [0.2, 0.25) is 5.91 Å². The highest BCUT2D eigenvalue weighted by Gasteiger charge is 2.09. The summed E-state index contributed by atoms with van der Waals surface area (Å²) in [4.78, 5) is 23.4. The molecule has 0 atom stereocenters. The summed E-state index contributed by atoms with van der Waals surface area (Å²) in [7, 11) is 1.51. The maximum absolute atomic E-state index is 12.0. The van der Waals surface area contributed by atoms with E-state index in [1.807, 2.05) is 12.1 Å². The SMILES string of the molecule is COc1cc(/C=N\NC(=O)CSc2ccc(Cl)cc2)ccc1OCc1cccc([N+](=O)[O-])c1. The molecule has 8 nitrogen and oxygen atoms in total. The monoisotopic (exact) mass is 485 g/mol. The topological polar surface area (TPSA) is 103 Å². The van der Waals surface area contributed by atoms with Gasteiger partial charge in [-0.25, -0.2) is 5.43 Å². The molecular weight excluding hydrogens is 466 g/mol. The maximum Gasteiger partial charge on any atom is 0.269 e. The second-order valence-corrected chi connectivity index (χ2v) is 8.15. The third kappa shape index (κ3) is 7.51. The number of nitro benzene ring substituents is 1. The van der Waals surface area contributed by atoms with E-state index in [-0.39, 0.29) is 24.0 Å². The fraction of sp³-hybridized carbons (Fsp3) is 0.130. The van der Waals surface area contributed by atoms with Crippen molar-refractivity contribution in [2.24, 2.45) is 5.10 Å². The predicted molar refractivity (Wildman–Crippen MR) is 128 cm³/mol. The minimum atomic E-state index is -0.451. The lowest BCUT2D eigenvalue weighted by atomic mass is 10.2. The zero-order valence-electron chi connectivity index (χ0n) is 17.6. The van der Waals surface area contributed by atoms with Gasteiger partial charge >= 0.3 is 0 Å². The summed E-state index contributed by atoms with van der Waals surface area (Å²) in [5, 5.41) is 15.5. The van der Waals surface area contributed by atoms with E-state index in [1.54, 1.807) is 42.5 Å². The molecule has 0 aliphatic rings. The first-order valence-electron chi connectivity index (χ1n) is 9.69. The van der Waals surface area contributed by atoms with Gasteiger partial charge < -0.3 is 9.47 Å². The van der Waals surface area contributed by atoms with Crippen molar-refractivity contribution in [1.82, 2.24) is 5.43 Å². The van der Waals surface area contributed by atoms with Crippen molar-refractivity contribution in [3.05, 3.63) is 93.0 Å². The van der Waals surface area contributed by atoms with Gasteiger partial charge in [0.15, 0.2) is 11.5 Å². The van der Waals surface area contributed by atoms with Crippen LogP contribution in [-0.2, 0) is 11.4 Å². The fourth-order valence-electron chi connectivity index (χ4n) is 2.70. The standard InChI is InChI=1S/C23H20ClN3O5S/c1-31-22-12-16(13-25-26-23(28)15-33-20-8-6-18(24)7-9-20)5-10-21(22)32-14-17-3-2-4-19(11-17)27(29)30/h2-13H,14-15H2,1H3,(H,26,28)/b25-13-. The van der Waals surface area contributed by atoms with E-state index in [2.05, 4.69) is 10.5 Å². The van der Waals surface area contributed by atoms with Crippen molar-refractivity contribution in [2.45, 2.75) is 11.5 Å². The molecule has 0 aromatic heterocycles. The largest absolute Gasteiger partial charge is 0.493 e. The molecule has 170 valence electrons. The van der Waals surface area contributed by atoms with E-state index in [0.29, 0.717) is 27.6 Å². The number of ether oxygens (including phenoxy) is 2. The van der Waals surface area contributed by atoms with Gasteiger partial charge in [0.25, 0.3) is 5.69 Å². The van der Waals surface area contributed by atoms with Crippen molar-refractivity contribution in [3.63, 3.8) is 0 Å². The average Bonchev–Trinajstić information content (AvgIpc) is 2.83. The molecule has 0 bridgehead atoms. The highest BCUT2D eigenvalue weighted by Crippen LogP contribution is 2.28. The maximum atomic E-state index is 12.0. The molecule has 33 heavy (non-hydrogen) atoms. The molecular formula is C23H20ClN3O5S. The number of halogens is 1. The Hall–Kier alpha value is -3.56. The van der Waals surface area contributed by atoms with Gasteiger partial charge in [-0.3, -0.25) is 14.9 Å². The van der Waals surface area contributed by atoms with E-state index < -0.39 is 4.92 Å². The van der Waals surface area contributed by atoms with Gasteiger partial charge in [-0.2, -0.15) is 5.10 Å². The van der Waals surface area contributed by atoms with Crippen LogP contribution in [0.2, 0.25) is 5.02 Å². The predicted octanol–water partition coefficient (Wildman–Crippen LogP) is 5.08. The molecule has 0 unspecified atom stereocenters. The summed E-state index contributed by atoms with van der Waals surface area (Å²) in [5.41, 5.74) is 3.84. The molecule has 3 rings (SSSR count). The lowest BCUT2D eigenvalue weighted by Crippen LogP contribution is -2.19. The fourth-order valence-corrected chi connectivity index (χ4v) is 3.51. The van der Waals surface area contributed by atoms with E-state index in [4.69, 9.17) is 21.1 Å². The first-order valence-corrected chi connectivity index (χ1v) is 11.1. The Morgan fingerprint density at radius 3 is 2.67 bits per heavy atom. The zero-order valence-corrected chi connectivity index (χ0v) is 19.1. The number of amides is 1. The van der Waals surface area contributed by atoms with Crippen LogP contribution in [0, 0.1) is 10.1 Å². The van der Waals surface area contributed by atoms with Crippen molar-refractivity contribution in [2.75, 3.05) is 12.9 Å². The van der Waals surface area contributed by atoms with Crippen molar-refractivity contribution in [1.29, 1.82) is 0 Å². The smallest absolute Gasteiger partial charge is 0.269 e. The third-order valence-corrected chi connectivity index (χ3v) is 5.55. The normalized spacial score (nSPS) is 10.7. The second-order valence-electron chi connectivity index (χ2n) is 6.66. The molecule has 3 aromatic rings. The Morgan fingerprint density at radius 2 is 1.94 bits per heavy atom. The number of non-ortho nitro benzene ring substituents is 1. The number of hydrazone groups is 1. The van der Waals surface area contributed by atoms with Crippen LogP contribution in [0.4, 0.5) is 5.69 Å². The Labute approximate surface area is 199 Å². The Bertz CT molecular complexity index is 1160. The number of nitrogens with one attached hydrogen (secondary N) is 1. The Morgan fingerprint density at radius 1 is 1.15 bits per heavy atom. The molecule has 10 heteroatoms. The molecule has 1 amide bonds. The third-order valence-electron chi connectivity index (χ3n) is 4.29. The van der Waals surface area contributed by atoms with Crippen LogP contribution in [0.3, 0.4) is 0 Å². The molecule has 1 N–H and O–H groups in total. The molecule has 0 radical (unpaired) electrons. The Balaban J connectivity index is 1.53. The van der Waals surface area contributed by atoms with Gasteiger partial charge in [0.05, 0.1) is 24.0 Å². The van der Waals surface area contributed by atoms with Gasteiger partial charge in [-0.15, -0.1) is 11.8 Å². The van der Waals surface area contributed by atoms with Crippen LogP contribution >= 0.6 is 23.4 Å². The van der Waals surface area contributed by atoms with Gasteiger partial charge in [-0.05, 0) is 53.6 Å². The molecule has 0 aliphatic carbocycles. The highest BCUT2D eigenvalue weighted by molar-refractivity contribution is 8.00. The average molecular weight is 486 g/mol. The summed E-state index contributed by atoms with van der Waals surface area (Å²) in [6.45, 7) is 0.146. The van der Waals surface area contributed by atoms with Crippen LogP contribution in [0.5, 0.6) is 11.5 Å². The minimum Gasteiger partial charge on any atom is -0.493 e. The van der Waals surface area contributed by atoms with Crippen LogP contribution in [-0.4, -0.2) is 29.9 Å². The molecule has 0 fully saturated rings. The molecule has 0 aliphatic heterocycles. The van der Waals surface area contributed by atoms with Gasteiger partial charge in [0, 0.05) is 22.1 Å². The van der Waals surface area contributed by atoms with Crippen LogP contribution in [0.25, 0.3) is 0 Å². The number of hydrogen-bond donors (Lipinski definition) is 1. The number of hydrogen-bond acceptors (Lipinski definition) is 7. The van der Waals surface area contributed by atoms with Crippen LogP contribution in [0.15, 0.2) is 76.7 Å². The van der Waals surface area contributed by atoms with E-state index >= 15 is 0 Å².